The van der Waals surface area contributed by atoms with E-state index in [-0.39, 0.29) is 5.69 Å². The van der Waals surface area contributed by atoms with Crippen LogP contribution in [0.1, 0.15) is 5.56 Å². The summed E-state index contributed by atoms with van der Waals surface area (Å²) in [5, 5.41) is 10.6. The Hall–Kier alpha value is -2.36. The van der Waals surface area contributed by atoms with E-state index in [9.17, 15) is 10.1 Å². The fourth-order valence-electron chi connectivity index (χ4n) is 1.43. The second kappa shape index (κ2) is 4.65. The zero-order valence-electron chi connectivity index (χ0n) is 9.21. The minimum absolute atomic E-state index is 0.0660. The molecule has 0 saturated carbocycles. The van der Waals surface area contributed by atoms with Gasteiger partial charge in [0.25, 0.3) is 5.69 Å². The van der Waals surface area contributed by atoms with Gasteiger partial charge in [-0.25, -0.2) is 0 Å². The van der Waals surface area contributed by atoms with Gasteiger partial charge in [0, 0.05) is 12.1 Å². The van der Waals surface area contributed by atoms with E-state index in [1.54, 1.807) is 37.3 Å². The Bertz CT molecular complexity index is 538. The number of nitro benzene ring substituents is 1. The Labute approximate surface area is 98.6 Å². The fourth-order valence-corrected chi connectivity index (χ4v) is 1.43. The molecule has 2 aromatic rings. The summed E-state index contributed by atoms with van der Waals surface area (Å²) in [6, 6.07) is 14.5. The first-order valence-electron chi connectivity index (χ1n) is 5.06. The van der Waals surface area contributed by atoms with Crippen molar-refractivity contribution in [1.29, 1.82) is 0 Å². The lowest BCUT2D eigenvalue weighted by Crippen LogP contribution is -1.91. The molecular formula is C13H10NO3. The smallest absolute Gasteiger partial charge is 0.269 e. The minimum Gasteiger partial charge on any atom is -0.457 e. The molecule has 0 heterocycles. The lowest BCUT2D eigenvalue weighted by Gasteiger charge is -2.07. The fraction of sp³-hybridized carbons (Fsp3) is 0.0769. The number of nitro groups is 1. The number of hydrogen-bond acceptors (Lipinski definition) is 3. The molecule has 85 valence electrons. The van der Waals surface area contributed by atoms with Crippen LogP contribution in [0.4, 0.5) is 5.69 Å². The third-order valence-electron chi connectivity index (χ3n) is 2.28. The van der Waals surface area contributed by atoms with Crippen LogP contribution in [0.15, 0.2) is 42.5 Å². The number of hydrogen-bond donors (Lipinski definition) is 0. The van der Waals surface area contributed by atoms with Crippen molar-refractivity contribution in [3.63, 3.8) is 0 Å². The molecule has 0 spiro atoms. The van der Waals surface area contributed by atoms with Gasteiger partial charge in [0.2, 0.25) is 0 Å². The molecule has 0 aromatic heterocycles. The van der Waals surface area contributed by atoms with E-state index in [4.69, 9.17) is 4.74 Å². The van der Waals surface area contributed by atoms with Crippen molar-refractivity contribution in [2.24, 2.45) is 0 Å². The molecule has 0 aliphatic rings. The van der Waals surface area contributed by atoms with Crippen molar-refractivity contribution in [3.05, 3.63) is 64.2 Å². The van der Waals surface area contributed by atoms with Gasteiger partial charge in [0.1, 0.15) is 11.5 Å². The average Bonchev–Trinajstić information content (AvgIpc) is 2.33. The maximum atomic E-state index is 10.6. The standard InChI is InChI=1S/C13H10NO3/c1-10-9-11(14(15)16)7-8-13(10)17-12-5-3-2-4-6-12/h3-9H,1H3. The van der Waals surface area contributed by atoms with Crippen molar-refractivity contribution in [1.82, 2.24) is 0 Å². The minimum atomic E-state index is -0.422. The first-order valence-corrected chi connectivity index (χ1v) is 5.06. The molecule has 0 bridgehead atoms. The number of benzene rings is 2. The summed E-state index contributed by atoms with van der Waals surface area (Å²) in [7, 11) is 0. The van der Waals surface area contributed by atoms with Crippen LogP contribution in [0.2, 0.25) is 0 Å². The molecule has 0 amide bonds. The molecule has 0 aliphatic heterocycles. The van der Waals surface area contributed by atoms with E-state index in [0.717, 1.165) is 5.56 Å². The zero-order chi connectivity index (χ0) is 12.3. The topological polar surface area (TPSA) is 52.4 Å². The SMILES string of the molecule is Cc1cc([N+](=O)[O-])ccc1Oc1cc[c]cc1. The molecule has 0 N–H and O–H groups in total. The predicted molar refractivity (Wildman–Crippen MR) is 63.2 cm³/mol. The molecule has 2 rings (SSSR count). The molecule has 17 heavy (non-hydrogen) atoms. The maximum absolute atomic E-state index is 10.6. The molecule has 0 unspecified atom stereocenters. The first-order chi connectivity index (χ1) is 8.16. The van der Waals surface area contributed by atoms with Crippen LogP contribution in [0.25, 0.3) is 0 Å². The van der Waals surface area contributed by atoms with Gasteiger partial charge in [-0.05, 0) is 36.8 Å². The number of nitrogens with zero attached hydrogens (tertiary/aromatic N) is 1. The third-order valence-corrected chi connectivity index (χ3v) is 2.28. The lowest BCUT2D eigenvalue weighted by molar-refractivity contribution is -0.384. The van der Waals surface area contributed by atoms with Gasteiger partial charge in [-0.3, -0.25) is 10.1 Å². The Kier molecular flexibility index (Phi) is 3.05. The van der Waals surface area contributed by atoms with Crippen LogP contribution < -0.4 is 4.74 Å². The van der Waals surface area contributed by atoms with Crippen LogP contribution in [0, 0.1) is 23.1 Å². The summed E-state index contributed by atoms with van der Waals surface area (Å²) >= 11 is 0. The third kappa shape index (κ3) is 2.60. The van der Waals surface area contributed by atoms with Crippen molar-refractivity contribution >= 4 is 5.69 Å². The highest BCUT2D eigenvalue weighted by molar-refractivity contribution is 5.44. The molecule has 2 aromatic carbocycles. The summed E-state index contributed by atoms with van der Waals surface area (Å²) in [4.78, 5) is 10.2. The van der Waals surface area contributed by atoms with Gasteiger partial charge in [-0.2, -0.15) is 0 Å². The van der Waals surface area contributed by atoms with E-state index in [2.05, 4.69) is 6.07 Å². The molecule has 0 aliphatic carbocycles. The molecule has 4 heteroatoms. The summed E-state index contributed by atoms with van der Waals surface area (Å²) in [6.45, 7) is 1.78. The largest absolute Gasteiger partial charge is 0.457 e. The summed E-state index contributed by atoms with van der Waals surface area (Å²) in [5.74, 6) is 1.29. The van der Waals surface area contributed by atoms with E-state index < -0.39 is 4.92 Å². The van der Waals surface area contributed by atoms with Crippen LogP contribution in [0.3, 0.4) is 0 Å². The van der Waals surface area contributed by atoms with Crippen LogP contribution in [-0.2, 0) is 0 Å². The van der Waals surface area contributed by atoms with Crippen molar-refractivity contribution in [2.75, 3.05) is 0 Å². The number of rotatable bonds is 3. The lowest BCUT2D eigenvalue weighted by atomic mass is 10.2. The van der Waals surface area contributed by atoms with E-state index in [0.29, 0.717) is 11.5 Å². The summed E-state index contributed by atoms with van der Waals surface area (Å²) in [5.41, 5.74) is 0.795. The normalized spacial score (nSPS) is 9.94. The molecule has 0 saturated heterocycles. The second-order valence-electron chi connectivity index (χ2n) is 3.54. The van der Waals surface area contributed by atoms with E-state index in [1.165, 1.54) is 12.1 Å². The average molecular weight is 228 g/mol. The Morgan fingerprint density at radius 3 is 2.53 bits per heavy atom. The molecule has 1 radical (unpaired) electrons. The van der Waals surface area contributed by atoms with Crippen molar-refractivity contribution in [3.8, 4) is 11.5 Å². The van der Waals surface area contributed by atoms with Crippen molar-refractivity contribution < 1.29 is 9.66 Å². The molecule has 4 nitrogen and oxygen atoms in total. The van der Waals surface area contributed by atoms with Gasteiger partial charge < -0.3 is 4.74 Å². The second-order valence-corrected chi connectivity index (χ2v) is 3.54. The van der Waals surface area contributed by atoms with Crippen LogP contribution >= 0.6 is 0 Å². The molecular weight excluding hydrogens is 218 g/mol. The monoisotopic (exact) mass is 228 g/mol. The highest BCUT2D eigenvalue weighted by Crippen LogP contribution is 2.27. The Morgan fingerprint density at radius 1 is 1.24 bits per heavy atom. The Balaban J connectivity index is 2.26. The molecule has 0 atom stereocenters. The van der Waals surface area contributed by atoms with E-state index >= 15 is 0 Å². The summed E-state index contributed by atoms with van der Waals surface area (Å²) in [6.07, 6.45) is 0. The number of non-ortho nitro benzene ring substituents is 1. The number of aryl methyl sites for hydroxylation is 1. The molecule has 0 fully saturated rings. The van der Waals surface area contributed by atoms with Gasteiger partial charge >= 0.3 is 0 Å². The quantitative estimate of drug-likeness (QED) is 0.596. The van der Waals surface area contributed by atoms with Gasteiger partial charge in [0.15, 0.2) is 0 Å². The van der Waals surface area contributed by atoms with Gasteiger partial charge in [-0.15, -0.1) is 0 Å². The Morgan fingerprint density at radius 2 is 1.94 bits per heavy atom. The highest BCUT2D eigenvalue weighted by atomic mass is 16.6. The summed E-state index contributed by atoms with van der Waals surface area (Å²) < 4.78 is 5.60. The van der Waals surface area contributed by atoms with Crippen molar-refractivity contribution in [2.45, 2.75) is 6.92 Å². The van der Waals surface area contributed by atoms with E-state index in [1.807, 2.05) is 0 Å². The van der Waals surface area contributed by atoms with Gasteiger partial charge in [0.05, 0.1) is 4.92 Å². The maximum Gasteiger partial charge on any atom is 0.269 e. The first kappa shape index (κ1) is 11.1. The highest BCUT2D eigenvalue weighted by Gasteiger charge is 2.09. The predicted octanol–water partition coefficient (Wildman–Crippen LogP) is 3.50. The van der Waals surface area contributed by atoms with Crippen LogP contribution in [-0.4, -0.2) is 4.92 Å². The zero-order valence-corrected chi connectivity index (χ0v) is 9.21. The van der Waals surface area contributed by atoms with Gasteiger partial charge in [-0.1, -0.05) is 12.1 Å². The number of ether oxygens (including phenoxy) is 1. The van der Waals surface area contributed by atoms with Crippen LogP contribution in [0.5, 0.6) is 11.5 Å².